The molecule has 0 N–H and O–H groups in total. The summed E-state index contributed by atoms with van der Waals surface area (Å²) in [6.07, 6.45) is 14.1. The SMILES string of the molecule is C.CC1C2C3CCCC3CCC2C2CCCC[C@@H]2C1C.[2HH].[B]. The van der Waals surface area contributed by atoms with Crippen molar-refractivity contribution in [2.45, 2.75) is 79.1 Å². The van der Waals surface area contributed by atoms with Gasteiger partial charge in [-0.1, -0.05) is 47.0 Å². The van der Waals surface area contributed by atoms with E-state index < -0.39 is 0 Å². The Labute approximate surface area is 136 Å². The highest BCUT2D eigenvalue weighted by atomic mass is 14.6. The Morgan fingerprint density at radius 2 is 1.29 bits per heavy atom. The third-order valence-corrected chi connectivity index (χ3v) is 8.11. The number of rotatable bonds is 0. The summed E-state index contributed by atoms with van der Waals surface area (Å²) < 4.78 is 0. The van der Waals surface area contributed by atoms with Gasteiger partial charge in [0.2, 0.25) is 0 Å². The third-order valence-electron chi connectivity index (χ3n) is 8.11. The molecule has 0 amide bonds. The van der Waals surface area contributed by atoms with E-state index in [1.165, 1.54) is 6.42 Å². The lowest BCUT2D eigenvalue weighted by molar-refractivity contribution is -0.0844. The van der Waals surface area contributed by atoms with Gasteiger partial charge in [-0.15, -0.1) is 0 Å². The topological polar surface area (TPSA) is 0 Å². The summed E-state index contributed by atoms with van der Waals surface area (Å²) in [7, 11) is 0. The summed E-state index contributed by atoms with van der Waals surface area (Å²) in [5, 5.41) is 0. The molecular weight excluding hydrogens is 251 g/mol. The van der Waals surface area contributed by atoms with E-state index >= 15 is 0 Å². The Morgan fingerprint density at radius 1 is 0.619 bits per heavy atom. The van der Waals surface area contributed by atoms with Crippen molar-refractivity contribution in [3.8, 4) is 0 Å². The van der Waals surface area contributed by atoms with Gasteiger partial charge in [-0.3, -0.25) is 0 Å². The van der Waals surface area contributed by atoms with Crippen molar-refractivity contribution in [3.63, 3.8) is 0 Å². The molecule has 0 saturated heterocycles. The van der Waals surface area contributed by atoms with Gasteiger partial charge in [0.1, 0.15) is 0 Å². The Balaban J connectivity index is 0.000000807. The van der Waals surface area contributed by atoms with Gasteiger partial charge >= 0.3 is 0 Å². The fourth-order valence-electron chi connectivity index (χ4n) is 7.24. The molecule has 4 saturated carbocycles. The van der Waals surface area contributed by atoms with Crippen LogP contribution in [0.1, 0.15) is 80.5 Å². The molecule has 21 heavy (non-hydrogen) atoms. The lowest BCUT2D eigenvalue weighted by Gasteiger charge is -2.57. The van der Waals surface area contributed by atoms with Crippen LogP contribution in [0.15, 0.2) is 0 Å². The van der Waals surface area contributed by atoms with Crippen LogP contribution in [-0.2, 0) is 0 Å². The zero-order chi connectivity index (χ0) is 13.0. The highest BCUT2D eigenvalue weighted by Crippen LogP contribution is 2.61. The second-order valence-corrected chi connectivity index (χ2v) is 8.50. The van der Waals surface area contributed by atoms with Crippen molar-refractivity contribution in [3.05, 3.63) is 0 Å². The van der Waals surface area contributed by atoms with Crippen LogP contribution < -0.4 is 0 Å². The van der Waals surface area contributed by atoms with Gasteiger partial charge in [0.25, 0.3) is 0 Å². The van der Waals surface area contributed by atoms with Gasteiger partial charge < -0.3 is 0 Å². The van der Waals surface area contributed by atoms with Crippen LogP contribution in [0, 0.1) is 47.3 Å². The van der Waals surface area contributed by atoms with Crippen molar-refractivity contribution in [1.29, 1.82) is 0 Å². The molecule has 0 aromatic carbocycles. The maximum atomic E-state index is 2.63. The van der Waals surface area contributed by atoms with E-state index in [-0.39, 0.29) is 17.3 Å². The van der Waals surface area contributed by atoms with E-state index in [2.05, 4.69) is 13.8 Å². The van der Waals surface area contributed by atoms with Crippen LogP contribution in [-0.4, -0.2) is 8.41 Å². The van der Waals surface area contributed by atoms with Crippen molar-refractivity contribution in [2.24, 2.45) is 47.3 Å². The fraction of sp³-hybridized carbons (Fsp3) is 1.00. The maximum absolute atomic E-state index is 2.63. The molecule has 121 valence electrons. The summed E-state index contributed by atoms with van der Waals surface area (Å²) in [6, 6.07) is 0. The predicted molar refractivity (Wildman–Crippen MR) is 95.4 cm³/mol. The highest BCUT2D eigenvalue weighted by Gasteiger charge is 2.53. The first kappa shape index (κ1) is 17.4. The number of hydrogen-bond acceptors (Lipinski definition) is 0. The average molecular weight is 290 g/mol. The Bertz CT molecular complexity index is 345. The van der Waals surface area contributed by atoms with E-state index in [1.807, 2.05) is 0 Å². The minimum Gasteiger partial charge on any atom is -0.0776 e. The summed E-state index contributed by atoms with van der Waals surface area (Å²) in [6.45, 7) is 5.25. The molecule has 0 aliphatic heterocycles. The van der Waals surface area contributed by atoms with Crippen LogP contribution in [0.5, 0.6) is 0 Å². The van der Waals surface area contributed by atoms with Gasteiger partial charge in [-0.2, -0.15) is 0 Å². The lowest BCUT2D eigenvalue weighted by atomic mass is 9.48. The zero-order valence-corrected chi connectivity index (χ0v) is 13.6. The maximum Gasteiger partial charge on any atom is 0 e. The molecule has 0 bridgehead atoms. The van der Waals surface area contributed by atoms with Gasteiger partial charge in [-0.05, 0) is 79.4 Å². The minimum absolute atomic E-state index is 0. The third kappa shape index (κ3) is 2.61. The monoisotopic (exact) mass is 290 g/mol. The summed E-state index contributed by atoms with van der Waals surface area (Å²) >= 11 is 0. The molecule has 0 aromatic heterocycles. The quantitative estimate of drug-likeness (QED) is 0.478. The molecule has 0 spiro atoms. The smallest absolute Gasteiger partial charge is 0 e. The molecule has 7 unspecified atom stereocenters. The van der Waals surface area contributed by atoms with Crippen LogP contribution in [0.4, 0.5) is 0 Å². The van der Waals surface area contributed by atoms with E-state index in [4.69, 9.17) is 0 Å². The lowest BCUT2D eigenvalue weighted by Crippen LogP contribution is -2.50. The predicted octanol–water partition coefficient (Wildman–Crippen LogP) is 6.02. The molecule has 4 aliphatic rings. The van der Waals surface area contributed by atoms with Crippen LogP contribution in [0.25, 0.3) is 0 Å². The van der Waals surface area contributed by atoms with E-state index in [0.29, 0.717) is 0 Å². The molecule has 8 atom stereocenters. The molecule has 4 rings (SSSR count). The normalized spacial score (nSPS) is 51.7. The van der Waals surface area contributed by atoms with E-state index in [9.17, 15) is 0 Å². The van der Waals surface area contributed by atoms with Gasteiger partial charge in [0.15, 0.2) is 0 Å². The van der Waals surface area contributed by atoms with Crippen LogP contribution in [0.3, 0.4) is 0 Å². The molecule has 4 fully saturated rings. The second-order valence-electron chi connectivity index (χ2n) is 8.50. The number of fused-ring (bicyclic) bond motifs is 5. The van der Waals surface area contributed by atoms with E-state index in [0.717, 1.165) is 47.3 Å². The fourth-order valence-corrected chi connectivity index (χ4v) is 7.24. The van der Waals surface area contributed by atoms with Gasteiger partial charge in [-0.25, -0.2) is 0 Å². The van der Waals surface area contributed by atoms with Crippen molar-refractivity contribution >= 4 is 8.41 Å². The molecule has 4 aliphatic carbocycles. The zero-order valence-electron chi connectivity index (χ0n) is 13.6. The molecule has 0 aromatic rings. The Morgan fingerprint density at radius 3 is 2.05 bits per heavy atom. The standard InChI is InChI=1S/C19H32.CH4.B.H2/c1-12-13(2)19-16-9-5-6-14(16)10-11-18(19)17-8-4-3-7-15(12)17;;;/h12-19H,3-11H2,1-2H3;1H4;;1H/t12?,13?,14?,15-,16?,17?,18?,19?;;;/m1.../s1/i;;;1+1. The summed E-state index contributed by atoms with van der Waals surface area (Å²) in [5.74, 6) is 8.80. The van der Waals surface area contributed by atoms with Gasteiger partial charge in [0, 0.05) is 9.84 Å². The first-order valence-electron chi connectivity index (χ1n) is 9.27. The van der Waals surface area contributed by atoms with Crippen molar-refractivity contribution < 1.29 is 1.43 Å². The Hall–Kier alpha value is 0.0649. The molecular formula is C20H38B. The molecule has 3 radical (unpaired) electrons. The minimum atomic E-state index is 0. The highest BCUT2D eigenvalue weighted by molar-refractivity contribution is 5.75. The average Bonchev–Trinajstić information content (AvgIpc) is 2.92. The number of hydrogen-bond donors (Lipinski definition) is 0. The summed E-state index contributed by atoms with van der Waals surface area (Å²) in [5.41, 5.74) is 0. The first-order valence-corrected chi connectivity index (χ1v) is 9.27. The summed E-state index contributed by atoms with van der Waals surface area (Å²) in [4.78, 5) is 0. The Kier molecular flexibility index (Phi) is 5.53. The van der Waals surface area contributed by atoms with E-state index in [1.54, 1.807) is 51.4 Å². The largest absolute Gasteiger partial charge is 0.0776 e. The molecule has 0 heterocycles. The van der Waals surface area contributed by atoms with Crippen molar-refractivity contribution in [2.75, 3.05) is 0 Å². The molecule has 0 nitrogen and oxygen atoms in total. The van der Waals surface area contributed by atoms with Gasteiger partial charge in [0.05, 0.1) is 0 Å². The molecule has 1 heteroatoms. The van der Waals surface area contributed by atoms with Crippen molar-refractivity contribution in [1.82, 2.24) is 0 Å². The van der Waals surface area contributed by atoms with Crippen LogP contribution in [0.2, 0.25) is 0 Å². The second kappa shape index (κ2) is 6.67. The first-order chi connectivity index (χ1) is 9.27. The van der Waals surface area contributed by atoms with Crippen LogP contribution >= 0.6 is 0 Å².